The molecule has 158 valence electrons. The van der Waals surface area contributed by atoms with E-state index >= 15 is 0 Å². The second-order valence-electron chi connectivity index (χ2n) is 7.26. The molecule has 6 nitrogen and oxygen atoms in total. The topological polar surface area (TPSA) is 49.7 Å². The summed E-state index contributed by atoms with van der Waals surface area (Å²) in [5, 5.41) is 2.94. The van der Waals surface area contributed by atoms with Crippen molar-refractivity contribution < 1.29 is 13.9 Å². The number of carbonyl (C=O) groups excluding carboxylic acids is 1. The van der Waals surface area contributed by atoms with Gasteiger partial charge in [-0.1, -0.05) is 18.5 Å². The Morgan fingerprint density at radius 3 is 2.57 bits per heavy atom. The number of rotatable bonds is 6. The van der Waals surface area contributed by atoms with Crippen molar-refractivity contribution >= 4 is 28.5 Å². The molecule has 1 aromatic heterocycles. The van der Waals surface area contributed by atoms with Crippen LogP contribution in [0, 0.1) is 5.82 Å². The van der Waals surface area contributed by atoms with Gasteiger partial charge in [0.2, 0.25) is 5.72 Å². The van der Waals surface area contributed by atoms with Crippen LogP contribution in [0.4, 0.5) is 9.18 Å². The standard InChI is InChI=1S/C22H24ClFN4O2/c1-4-22(14-26(5-2)21(29)28(22)25-3)30-20-13-27(17-9-7-16(24)8-10-17)19-11-6-15(23)12-18(19)20/h6-13,25H,4-5,14H2,1-3H3. The lowest BCUT2D eigenvalue weighted by Gasteiger charge is -2.35. The summed E-state index contributed by atoms with van der Waals surface area (Å²) >= 11 is 6.28. The van der Waals surface area contributed by atoms with E-state index in [0.29, 0.717) is 30.3 Å². The summed E-state index contributed by atoms with van der Waals surface area (Å²) in [7, 11) is 1.71. The van der Waals surface area contributed by atoms with E-state index in [4.69, 9.17) is 16.3 Å². The number of nitrogens with zero attached hydrogens (tertiary/aromatic N) is 3. The fraction of sp³-hybridized carbons (Fsp3) is 0.318. The number of benzene rings is 2. The van der Waals surface area contributed by atoms with Crippen LogP contribution in [-0.2, 0) is 0 Å². The predicted octanol–water partition coefficient (Wildman–Crippen LogP) is 4.80. The van der Waals surface area contributed by atoms with E-state index in [9.17, 15) is 9.18 Å². The van der Waals surface area contributed by atoms with Gasteiger partial charge < -0.3 is 14.2 Å². The highest BCUT2D eigenvalue weighted by molar-refractivity contribution is 6.31. The zero-order chi connectivity index (χ0) is 21.5. The van der Waals surface area contributed by atoms with Crippen molar-refractivity contribution in [1.29, 1.82) is 0 Å². The van der Waals surface area contributed by atoms with Crippen LogP contribution in [0.5, 0.6) is 5.75 Å². The van der Waals surface area contributed by atoms with Gasteiger partial charge in [0, 0.05) is 36.1 Å². The fourth-order valence-electron chi connectivity index (χ4n) is 3.99. The quantitative estimate of drug-likeness (QED) is 0.611. The second kappa shape index (κ2) is 7.81. The highest BCUT2D eigenvalue weighted by atomic mass is 35.5. The largest absolute Gasteiger partial charge is 0.462 e. The predicted molar refractivity (Wildman–Crippen MR) is 115 cm³/mol. The number of fused-ring (bicyclic) bond motifs is 1. The first-order valence-corrected chi connectivity index (χ1v) is 10.3. The molecule has 1 atom stereocenters. The molecule has 1 N–H and O–H groups in total. The van der Waals surface area contributed by atoms with Gasteiger partial charge in [-0.15, -0.1) is 0 Å². The molecular formula is C22H24ClFN4O2. The number of aromatic nitrogens is 1. The average Bonchev–Trinajstić information content (AvgIpc) is 3.23. The number of amides is 2. The molecule has 2 aromatic carbocycles. The monoisotopic (exact) mass is 430 g/mol. The molecule has 2 heterocycles. The van der Waals surface area contributed by atoms with Gasteiger partial charge in [0.1, 0.15) is 11.6 Å². The first kappa shape index (κ1) is 20.5. The van der Waals surface area contributed by atoms with Crippen LogP contribution < -0.4 is 10.2 Å². The Bertz CT molecular complexity index is 1080. The van der Waals surface area contributed by atoms with Gasteiger partial charge in [-0.05, 0) is 49.4 Å². The van der Waals surface area contributed by atoms with Crippen LogP contribution in [0.3, 0.4) is 0 Å². The lowest BCUT2D eigenvalue weighted by atomic mass is 10.1. The first-order chi connectivity index (χ1) is 14.4. The molecular weight excluding hydrogens is 407 g/mol. The maximum absolute atomic E-state index is 13.4. The third-order valence-electron chi connectivity index (χ3n) is 5.60. The summed E-state index contributed by atoms with van der Waals surface area (Å²) in [4.78, 5) is 14.5. The molecule has 0 bridgehead atoms. The van der Waals surface area contributed by atoms with Crippen molar-refractivity contribution in [3.05, 3.63) is 59.5 Å². The van der Waals surface area contributed by atoms with E-state index in [1.807, 2.05) is 36.7 Å². The maximum Gasteiger partial charge on any atom is 0.338 e. The number of likely N-dealkylation sites (N-methyl/N-ethyl adjacent to an activating group) is 1. The average molecular weight is 431 g/mol. The van der Waals surface area contributed by atoms with Gasteiger partial charge >= 0.3 is 6.03 Å². The molecule has 1 fully saturated rings. The molecule has 0 radical (unpaired) electrons. The minimum absolute atomic E-state index is 0.123. The van der Waals surface area contributed by atoms with Gasteiger partial charge in [0.25, 0.3) is 0 Å². The van der Waals surface area contributed by atoms with Gasteiger partial charge in [-0.25, -0.2) is 19.6 Å². The molecule has 1 unspecified atom stereocenters. The van der Waals surface area contributed by atoms with Crippen molar-refractivity contribution in [1.82, 2.24) is 19.9 Å². The fourth-order valence-corrected chi connectivity index (χ4v) is 4.16. The summed E-state index contributed by atoms with van der Waals surface area (Å²) < 4.78 is 21.9. The number of urea groups is 1. The molecule has 0 spiro atoms. The van der Waals surface area contributed by atoms with Crippen LogP contribution in [0.25, 0.3) is 16.6 Å². The summed E-state index contributed by atoms with van der Waals surface area (Å²) in [5.41, 5.74) is 3.79. The van der Waals surface area contributed by atoms with Crippen LogP contribution in [0.1, 0.15) is 20.3 Å². The number of halogens is 2. The Hall–Kier alpha value is -2.77. The number of ether oxygens (including phenoxy) is 1. The first-order valence-electron chi connectivity index (χ1n) is 9.94. The Labute approximate surface area is 179 Å². The van der Waals surface area contributed by atoms with E-state index in [-0.39, 0.29) is 11.8 Å². The number of nitrogens with one attached hydrogen (secondary N) is 1. The van der Waals surface area contributed by atoms with Crippen molar-refractivity contribution in [2.75, 3.05) is 20.1 Å². The Balaban J connectivity index is 1.83. The lowest BCUT2D eigenvalue weighted by Crippen LogP contribution is -2.56. The Kier molecular flexibility index (Phi) is 5.34. The van der Waals surface area contributed by atoms with Gasteiger partial charge in [-0.3, -0.25) is 0 Å². The summed E-state index contributed by atoms with van der Waals surface area (Å²) in [6, 6.07) is 11.7. The van der Waals surface area contributed by atoms with Crippen molar-refractivity contribution in [2.24, 2.45) is 0 Å². The summed E-state index contributed by atoms with van der Waals surface area (Å²) in [5.74, 6) is 0.304. The van der Waals surface area contributed by atoms with Gasteiger partial charge in [-0.2, -0.15) is 0 Å². The Morgan fingerprint density at radius 2 is 1.93 bits per heavy atom. The lowest BCUT2D eigenvalue weighted by molar-refractivity contribution is -0.0547. The highest BCUT2D eigenvalue weighted by Gasteiger charge is 2.50. The minimum Gasteiger partial charge on any atom is -0.462 e. The molecule has 4 rings (SSSR count). The van der Waals surface area contributed by atoms with E-state index in [1.54, 1.807) is 35.2 Å². The van der Waals surface area contributed by atoms with E-state index < -0.39 is 5.72 Å². The molecule has 0 saturated carbocycles. The van der Waals surface area contributed by atoms with Crippen molar-refractivity contribution in [2.45, 2.75) is 26.0 Å². The van der Waals surface area contributed by atoms with Crippen LogP contribution in [-0.4, -0.2) is 46.4 Å². The molecule has 1 aliphatic heterocycles. The molecule has 1 saturated heterocycles. The zero-order valence-electron chi connectivity index (χ0n) is 17.2. The second-order valence-corrected chi connectivity index (χ2v) is 7.70. The number of hydrazine groups is 1. The zero-order valence-corrected chi connectivity index (χ0v) is 17.9. The summed E-state index contributed by atoms with van der Waals surface area (Å²) in [6.07, 6.45) is 2.44. The minimum atomic E-state index is -0.869. The highest BCUT2D eigenvalue weighted by Crippen LogP contribution is 2.38. The number of hydrogen-bond donors (Lipinski definition) is 1. The molecule has 0 aliphatic carbocycles. The van der Waals surface area contributed by atoms with Crippen LogP contribution >= 0.6 is 11.6 Å². The van der Waals surface area contributed by atoms with E-state index in [1.165, 1.54) is 12.1 Å². The maximum atomic E-state index is 13.4. The number of hydrogen-bond acceptors (Lipinski definition) is 3. The van der Waals surface area contributed by atoms with Gasteiger partial charge in [0.15, 0.2) is 0 Å². The van der Waals surface area contributed by atoms with E-state index in [0.717, 1.165) is 16.6 Å². The Morgan fingerprint density at radius 1 is 1.20 bits per heavy atom. The SMILES string of the molecule is CCN1CC(CC)(Oc2cn(-c3ccc(F)cc3)c3ccc(Cl)cc23)N(NC)C1=O. The van der Waals surface area contributed by atoms with Crippen molar-refractivity contribution in [3.63, 3.8) is 0 Å². The molecule has 30 heavy (non-hydrogen) atoms. The molecule has 3 aromatic rings. The van der Waals surface area contributed by atoms with Gasteiger partial charge in [0.05, 0.1) is 18.3 Å². The third kappa shape index (κ3) is 3.28. The smallest absolute Gasteiger partial charge is 0.338 e. The van der Waals surface area contributed by atoms with Crippen LogP contribution in [0.15, 0.2) is 48.7 Å². The number of carbonyl (C=O) groups is 1. The third-order valence-corrected chi connectivity index (χ3v) is 5.83. The van der Waals surface area contributed by atoms with Crippen molar-refractivity contribution in [3.8, 4) is 11.4 Å². The van der Waals surface area contributed by atoms with E-state index in [2.05, 4.69) is 5.43 Å². The molecule has 8 heteroatoms. The normalized spacial score (nSPS) is 19.2. The molecule has 1 aliphatic rings. The summed E-state index contributed by atoms with van der Waals surface area (Å²) in [6.45, 7) is 4.95. The van der Waals surface area contributed by atoms with Crippen LogP contribution in [0.2, 0.25) is 5.02 Å². The molecule has 2 amide bonds.